The lowest BCUT2D eigenvalue weighted by Crippen LogP contribution is -2.55. The van der Waals surface area contributed by atoms with Crippen molar-refractivity contribution in [3.8, 4) is 17.2 Å². The molecule has 1 heterocycles. The number of phenolic OH excluding ortho intramolecular Hbond substituents is 1. The Morgan fingerprint density at radius 3 is 2.57 bits per heavy atom. The smallest absolute Gasteiger partial charge is 0.250 e. The standard InChI is InChI=1S/C25H27N3O7/c1-25(34)18-11(8-15(29)19(25)23(26)33)6-10-7-12-14(28(2)3)9-13(24-27-4-5-35-24)20(30)17(12)21(31)16(10)22(18)32/h4-5,9-11,18,29-31,34H,6-8H2,1-3H3,(H2,26,33). The molecule has 0 bridgehead atoms. The molecule has 10 heteroatoms. The second kappa shape index (κ2) is 7.61. The van der Waals surface area contributed by atoms with Crippen LogP contribution in [-0.4, -0.2) is 56.8 Å². The molecule has 35 heavy (non-hydrogen) atoms. The van der Waals surface area contributed by atoms with E-state index in [9.17, 15) is 30.0 Å². The molecule has 6 N–H and O–H groups in total. The van der Waals surface area contributed by atoms with Gasteiger partial charge in [0.25, 0.3) is 5.91 Å². The Labute approximate surface area is 201 Å². The molecule has 4 atom stereocenters. The summed E-state index contributed by atoms with van der Waals surface area (Å²) in [5.41, 5.74) is 4.88. The number of oxazole rings is 1. The van der Waals surface area contributed by atoms with E-state index >= 15 is 0 Å². The minimum atomic E-state index is -2.01. The number of hydrogen-bond acceptors (Lipinski definition) is 9. The summed E-state index contributed by atoms with van der Waals surface area (Å²) in [6.45, 7) is 1.29. The molecule has 184 valence electrons. The number of carbonyl (C=O) groups is 2. The summed E-state index contributed by atoms with van der Waals surface area (Å²) in [6.07, 6.45) is 3.57. The van der Waals surface area contributed by atoms with Gasteiger partial charge in [0.15, 0.2) is 5.78 Å². The fourth-order valence-corrected chi connectivity index (χ4v) is 6.26. The van der Waals surface area contributed by atoms with Crippen LogP contribution in [0.2, 0.25) is 0 Å². The third kappa shape index (κ3) is 3.16. The van der Waals surface area contributed by atoms with E-state index in [1.807, 2.05) is 19.0 Å². The molecule has 4 unspecified atom stereocenters. The number of amides is 1. The number of aromatic nitrogens is 1. The second-order valence-electron chi connectivity index (χ2n) is 9.92. The van der Waals surface area contributed by atoms with Gasteiger partial charge < -0.3 is 35.5 Å². The van der Waals surface area contributed by atoms with Crippen LogP contribution in [0.4, 0.5) is 5.69 Å². The Balaban J connectivity index is 1.71. The zero-order valence-electron chi connectivity index (χ0n) is 19.6. The number of allylic oxidation sites excluding steroid dienone is 2. The van der Waals surface area contributed by atoms with Crippen molar-refractivity contribution in [2.45, 2.75) is 31.8 Å². The highest BCUT2D eigenvalue weighted by molar-refractivity contribution is 6.08. The molecule has 10 nitrogen and oxygen atoms in total. The first-order valence-corrected chi connectivity index (χ1v) is 11.3. The van der Waals surface area contributed by atoms with Crippen molar-refractivity contribution in [1.29, 1.82) is 0 Å². The van der Waals surface area contributed by atoms with Gasteiger partial charge in [0.1, 0.15) is 29.1 Å². The van der Waals surface area contributed by atoms with Gasteiger partial charge in [-0.2, -0.15) is 0 Å². The number of ketones is 1. The third-order valence-electron chi connectivity index (χ3n) is 7.59. The number of anilines is 1. The lowest BCUT2D eigenvalue weighted by molar-refractivity contribution is -0.136. The largest absolute Gasteiger partial charge is 0.512 e. The Morgan fingerprint density at radius 1 is 1.26 bits per heavy atom. The fraction of sp³-hybridized carbons (Fsp3) is 0.400. The van der Waals surface area contributed by atoms with Crippen molar-refractivity contribution < 1.29 is 34.4 Å². The average Bonchev–Trinajstić information content (AvgIpc) is 3.26. The van der Waals surface area contributed by atoms with Crippen molar-refractivity contribution in [2.75, 3.05) is 19.0 Å². The van der Waals surface area contributed by atoms with E-state index in [4.69, 9.17) is 10.2 Å². The highest BCUT2D eigenvalue weighted by atomic mass is 16.3. The molecule has 1 saturated carbocycles. The Hall–Kier alpha value is -3.79. The number of carbonyl (C=O) groups excluding carboxylic acids is 2. The van der Waals surface area contributed by atoms with Crippen molar-refractivity contribution in [3.05, 3.63) is 46.6 Å². The molecule has 0 radical (unpaired) electrons. The van der Waals surface area contributed by atoms with Crippen LogP contribution in [0.1, 0.15) is 30.9 Å². The van der Waals surface area contributed by atoms with Crippen LogP contribution in [0.5, 0.6) is 5.75 Å². The van der Waals surface area contributed by atoms with E-state index in [1.54, 1.807) is 6.07 Å². The molecule has 1 fully saturated rings. The van der Waals surface area contributed by atoms with Crippen molar-refractivity contribution in [2.24, 2.45) is 23.5 Å². The molecule has 0 spiro atoms. The van der Waals surface area contributed by atoms with Crippen LogP contribution in [0, 0.1) is 17.8 Å². The molecule has 1 aromatic carbocycles. The maximum absolute atomic E-state index is 13.8. The van der Waals surface area contributed by atoms with Gasteiger partial charge in [-0.1, -0.05) is 0 Å². The number of nitrogens with two attached hydrogens (primary N) is 1. The molecule has 1 amide bonds. The van der Waals surface area contributed by atoms with Crippen LogP contribution in [-0.2, 0) is 16.0 Å². The molecular formula is C25H27N3O7. The average molecular weight is 482 g/mol. The highest BCUT2D eigenvalue weighted by Gasteiger charge is 2.57. The van der Waals surface area contributed by atoms with Gasteiger partial charge >= 0.3 is 0 Å². The normalized spacial score (nSPS) is 27.9. The number of aliphatic hydroxyl groups is 3. The van der Waals surface area contributed by atoms with Crippen LogP contribution in [0.3, 0.4) is 0 Å². The number of rotatable bonds is 3. The number of primary amides is 1. The summed E-state index contributed by atoms with van der Waals surface area (Å²) in [5.74, 6) is -4.26. The van der Waals surface area contributed by atoms with Gasteiger partial charge in [-0.05, 0) is 43.2 Å². The van der Waals surface area contributed by atoms with E-state index in [0.717, 1.165) is 5.69 Å². The lowest BCUT2D eigenvalue weighted by Gasteiger charge is -2.48. The number of benzene rings is 1. The van der Waals surface area contributed by atoms with Gasteiger partial charge in [0.05, 0.1) is 28.8 Å². The third-order valence-corrected chi connectivity index (χ3v) is 7.59. The molecule has 0 saturated heterocycles. The van der Waals surface area contributed by atoms with E-state index in [1.165, 1.54) is 19.4 Å². The number of aromatic hydroxyl groups is 1. The molecule has 3 aliphatic rings. The maximum atomic E-state index is 13.8. The van der Waals surface area contributed by atoms with E-state index in [-0.39, 0.29) is 51.9 Å². The number of Topliss-reactive ketones (excluding diaryl/α,β-unsaturated/α-hetero) is 1. The summed E-state index contributed by atoms with van der Waals surface area (Å²) in [5, 5.41) is 44.3. The zero-order chi connectivity index (χ0) is 25.4. The molecule has 1 aromatic heterocycles. The van der Waals surface area contributed by atoms with E-state index in [2.05, 4.69) is 4.98 Å². The second-order valence-corrected chi connectivity index (χ2v) is 9.92. The van der Waals surface area contributed by atoms with Crippen molar-refractivity contribution in [3.63, 3.8) is 0 Å². The van der Waals surface area contributed by atoms with Crippen LogP contribution in [0.25, 0.3) is 17.2 Å². The number of fused-ring (bicyclic) bond motifs is 3. The Kier molecular flexibility index (Phi) is 4.99. The summed E-state index contributed by atoms with van der Waals surface area (Å²) in [6, 6.07) is 1.73. The summed E-state index contributed by atoms with van der Waals surface area (Å²) in [4.78, 5) is 31.7. The summed E-state index contributed by atoms with van der Waals surface area (Å²) < 4.78 is 5.37. The van der Waals surface area contributed by atoms with Crippen LogP contribution < -0.4 is 10.6 Å². The predicted molar refractivity (Wildman–Crippen MR) is 125 cm³/mol. The number of phenols is 1. The molecule has 0 aliphatic heterocycles. The minimum absolute atomic E-state index is 0.0249. The summed E-state index contributed by atoms with van der Waals surface area (Å²) >= 11 is 0. The van der Waals surface area contributed by atoms with Crippen molar-refractivity contribution >= 4 is 23.1 Å². The monoisotopic (exact) mass is 481 g/mol. The van der Waals surface area contributed by atoms with Gasteiger partial charge in [0.2, 0.25) is 5.89 Å². The molecular weight excluding hydrogens is 454 g/mol. The van der Waals surface area contributed by atoms with Gasteiger partial charge in [-0.3, -0.25) is 9.59 Å². The predicted octanol–water partition coefficient (Wildman–Crippen LogP) is 2.21. The first kappa shape index (κ1) is 23.0. The van der Waals surface area contributed by atoms with Crippen molar-refractivity contribution in [1.82, 2.24) is 4.98 Å². The van der Waals surface area contributed by atoms with Gasteiger partial charge in [-0.25, -0.2) is 4.98 Å². The fourth-order valence-electron chi connectivity index (χ4n) is 6.26. The molecule has 5 rings (SSSR count). The maximum Gasteiger partial charge on any atom is 0.250 e. The zero-order valence-corrected chi connectivity index (χ0v) is 19.6. The Morgan fingerprint density at radius 2 is 1.97 bits per heavy atom. The SMILES string of the molecule is CN(C)c1cc(-c2ncco2)c(O)c2c1CC1CC3CC(O)=C(C(N)=O)C(C)(O)C3C(=O)C1=C2O. The highest BCUT2D eigenvalue weighted by Crippen LogP contribution is 2.55. The van der Waals surface area contributed by atoms with Crippen LogP contribution >= 0.6 is 0 Å². The Bertz CT molecular complexity index is 1320. The van der Waals surface area contributed by atoms with Crippen LogP contribution in [0.15, 0.2) is 39.8 Å². The topological polar surface area (TPSA) is 170 Å². The van der Waals surface area contributed by atoms with Gasteiger partial charge in [0, 0.05) is 31.8 Å². The first-order chi connectivity index (χ1) is 16.4. The minimum Gasteiger partial charge on any atom is -0.512 e. The quantitative estimate of drug-likeness (QED) is 0.441. The summed E-state index contributed by atoms with van der Waals surface area (Å²) in [7, 11) is 3.66. The number of hydrogen-bond donors (Lipinski definition) is 5. The molecule has 3 aliphatic carbocycles. The number of aliphatic hydroxyl groups excluding tert-OH is 2. The first-order valence-electron chi connectivity index (χ1n) is 11.3. The molecule has 2 aromatic rings. The van der Waals surface area contributed by atoms with E-state index < -0.39 is 35.0 Å². The van der Waals surface area contributed by atoms with E-state index in [0.29, 0.717) is 18.4 Å². The number of nitrogens with zero attached hydrogens (tertiary/aromatic N) is 2. The van der Waals surface area contributed by atoms with Gasteiger partial charge in [-0.15, -0.1) is 0 Å². The lowest BCUT2D eigenvalue weighted by atomic mass is 9.57.